The third-order valence-corrected chi connectivity index (χ3v) is 3.15. The molecular weight excluding hydrogens is 294 g/mol. The van der Waals surface area contributed by atoms with E-state index in [0.717, 1.165) is 4.68 Å². The molecule has 1 heterocycles. The minimum Gasteiger partial charge on any atom is -0.465 e. The maximum Gasteiger partial charge on any atom is 0.327 e. The van der Waals surface area contributed by atoms with E-state index in [-0.39, 0.29) is 18.7 Å². The Bertz CT molecular complexity index is 740. The van der Waals surface area contributed by atoms with Crippen molar-refractivity contribution < 1.29 is 9.53 Å². The van der Waals surface area contributed by atoms with Crippen LogP contribution in [0.1, 0.15) is 6.92 Å². The second-order valence-electron chi connectivity index (χ2n) is 4.68. The summed E-state index contributed by atoms with van der Waals surface area (Å²) in [6.45, 7) is 1.76. The van der Waals surface area contributed by atoms with Crippen molar-refractivity contribution >= 4 is 34.2 Å². The van der Waals surface area contributed by atoms with Crippen molar-refractivity contribution in [3.63, 3.8) is 0 Å². The Balaban J connectivity index is 2.63. The van der Waals surface area contributed by atoms with Crippen LogP contribution < -0.4 is 10.5 Å². The normalized spacial score (nSPS) is 10.7. The van der Waals surface area contributed by atoms with Gasteiger partial charge < -0.3 is 9.64 Å². The van der Waals surface area contributed by atoms with E-state index in [0.29, 0.717) is 21.6 Å². The molecule has 0 N–H and O–H groups in total. The highest BCUT2D eigenvalue weighted by Crippen LogP contribution is 2.23. The van der Waals surface area contributed by atoms with E-state index in [2.05, 4.69) is 5.10 Å². The van der Waals surface area contributed by atoms with Crippen LogP contribution in [0, 0.1) is 0 Å². The predicted molar refractivity (Wildman–Crippen MR) is 82.0 cm³/mol. The quantitative estimate of drug-likeness (QED) is 0.804. The molecule has 2 aromatic rings. The zero-order chi connectivity index (χ0) is 15.6. The van der Waals surface area contributed by atoms with Crippen LogP contribution in [0.15, 0.2) is 23.0 Å². The van der Waals surface area contributed by atoms with Crippen LogP contribution in [0.4, 0.5) is 5.82 Å². The number of esters is 1. The molecule has 0 amide bonds. The molecule has 0 spiro atoms. The fourth-order valence-corrected chi connectivity index (χ4v) is 2.18. The highest BCUT2D eigenvalue weighted by Gasteiger charge is 2.15. The van der Waals surface area contributed by atoms with E-state index in [4.69, 9.17) is 16.3 Å². The zero-order valence-corrected chi connectivity index (χ0v) is 12.8. The molecule has 0 aliphatic heterocycles. The number of aromatic nitrogens is 2. The summed E-state index contributed by atoms with van der Waals surface area (Å²) in [6, 6.07) is 4.96. The molecule has 0 unspecified atom stereocenters. The largest absolute Gasteiger partial charge is 0.465 e. The molecule has 0 fully saturated rings. The Morgan fingerprint density at radius 3 is 2.71 bits per heavy atom. The standard InChI is InChI=1S/C14H16ClN3O3/c1-4-21-12(19)8-18-14(20)10-6-5-9(15)7-11(10)13(16-18)17(2)3/h5-7H,4,8H2,1-3H3. The van der Waals surface area contributed by atoms with Crippen molar-refractivity contribution in [1.29, 1.82) is 0 Å². The lowest BCUT2D eigenvalue weighted by Gasteiger charge is -2.16. The third-order valence-electron chi connectivity index (χ3n) is 2.91. The summed E-state index contributed by atoms with van der Waals surface area (Å²) in [7, 11) is 3.61. The van der Waals surface area contributed by atoms with Gasteiger partial charge in [0, 0.05) is 24.5 Å². The first-order valence-electron chi connectivity index (χ1n) is 6.47. The minimum absolute atomic E-state index is 0.216. The van der Waals surface area contributed by atoms with Crippen LogP contribution in [0.5, 0.6) is 0 Å². The highest BCUT2D eigenvalue weighted by molar-refractivity contribution is 6.31. The van der Waals surface area contributed by atoms with Gasteiger partial charge in [-0.1, -0.05) is 11.6 Å². The van der Waals surface area contributed by atoms with Gasteiger partial charge in [0.25, 0.3) is 5.56 Å². The number of carbonyl (C=O) groups is 1. The zero-order valence-electron chi connectivity index (χ0n) is 12.1. The van der Waals surface area contributed by atoms with Gasteiger partial charge in [0.2, 0.25) is 0 Å². The number of nitrogens with zero attached hydrogens (tertiary/aromatic N) is 3. The van der Waals surface area contributed by atoms with Crippen molar-refractivity contribution in [2.75, 3.05) is 25.6 Å². The van der Waals surface area contributed by atoms with Crippen LogP contribution in [-0.2, 0) is 16.1 Å². The Hall–Kier alpha value is -2.08. The molecular formula is C14H16ClN3O3. The summed E-state index contributed by atoms with van der Waals surface area (Å²) in [5.41, 5.74) is -0.347. The van der Waals surface area contributed by atoms with Crippen molar-refractivity contribution in [2.45, 2.75) is 13.5 Å². The van der Waals surface area contributed by atoms with Gasteiger partial charge in [-0.05, 0) is 25.1 Å². The van der Waals surface area contributed by atoms with Gasteiger partial charge in [-0.3, -0.25) is 9.59 Å². The van der Waals surface area contributed by atoms with Crippen LogP contribution in [0.25, 0.3) is 10.8 Å². The van der Waals surface area contributed by atoms with Gasteiger partial charge in [-0.15, -0.1) is 0 Å². The summed E-state index contributed by atoms with van der Waals surface area (Å²) in [4.78, 5) is 25.7. The summed E-state index contributed by atoms with van der Waals surface area (Å²) in [5.74, 6) is 0.0709. The predicted octanol–water partition coefficient (Wildman–Crippen LogP) is 1.68. The van der Waals surface area contributed by atoms with Gasteiger partial charge in [-0.25, -0.2) is 4.68 Å². The van der Waals surface area contributed by atoms with E-state index in [9.17, 15) is 9.59 Å². The topological polar surface area (TPSA) is 64.4 Å². The summed E-state index contributed by atoms with van der Waals surface area (Å²) >= 11 is 5.98. The van der Waals surface area contributed by atoms with Crippen molar-refractivity contribution in [3.8, 4) is 0 Å². The SMILES string of the molecule is CCOC(=O)Cn1nc(N(C)C)c2cc(Cl)ccc2c1=O. The molecule has 0 saturated carbocycles. The van der Waals surface area contributed by atoms with Gasteiger partial charge >= 0.3 is 5.97 Å². The smallest absolute Gasteiger partial charge is 0.327 e. The van der Waals surface area contributed by atoms with Crippen molar-refractivity contribution in [3.05, 3.63) is 33.6 Å². The van der Waals surface area contributed by atoms with E-state index in [1.807, 2.05) is 14.1 Å². The number of fused-ring (bicyclic) bond motifs is 1. The summed E-state index contributed by atoms with van der Waals surface area (Å²) in [5, 5.41) is 5.87. The van der Waals surface area contributed by atoms with E-state index >= 15 is 0 Å². The monoisotopic (exact) mass is 309 g/mol. The molecule has 6 nitrogen and oxygen atoms in total. The molecule has 2 rings (SSSR count). The first kappa shape index (κ1) is 15.3. The highest BCUT2D eigenvalue weighted by atomic mass is 35.5. The maximum absolute atomic E-state index is 12.4. The Kier molecular flexibility index (Phi) is 4.47. The Morgan fingerprint density at radius 2 is 2.10 bits per heavy atom. The van der Waals surface area contributed by atoms with E-state index in [1.54, 1.807) is 30.0 Å². The van der Waals surface area contributed by atoms with Gasteiger partial charge in [-0.2, -0.15) is 5.10 Å². The molecule has 0 saturated heterocycles. The molecule has 112 valence electrons. The number of anilines is 1. The second-order valence-corrected chi connectivity index (χ2v) is 5.11. The lowest BCUT2D eigenvalue weighted by Crippen LogP contribution is -2.30. The lowest BCUT2D eigenvalue weighted by molar-refractivity contribution is -0.144. The van der Waals surface area contributed by atoms with Gasteiger partial charge in [0.15, 0.2) is 5.82 Å². The van der Waals surface area contributed by atoms with Gasteiger partial charge in [0.05, 0.1) is 12.0 Å². The van der Waals surface area contributed by atoms with Crippen LogP contribution in [0.2, 0.25) is 5.02 Å². The van der Waals surface area contributed by atoms with Crippen molar-refractivity contribution in [2.24, 2.45) is 0 Å². The fraction of sp³-hybridized carbons (Fsp3) is 0.357. The van der Waals surface area contributed by atoms with E-state index < -0.39 is 5.97 Å². The minimum atomic E-state index is -0.495. The molecule has 0 radical (unpaired) electrons. The van der Waals surface area contributed by atoms with Crippen LogP contribution in [-0.4, -0.2) is 36.5 Å². The Labute approximate surface area is 126 Å². The molecule has 7 heteroatoms. The number of halogens is 1. The number of carbonyl (C=O) groups excluding carboxylic acids is 1. The lowest BCUT2D eigenvalue weighted by atomic mass is 10.2. The third kappa shape index (κ3) is 3.16. The number of hydrogen-bond acceptors (Lipinski definition) is 5. The Morgan fingerprint density at radius 1 is 1.38 bits per heavy atom. The van der Waals surface area contributed by atoms with Crippen LogP contribution >= 0.6 is 11.6 Å². The van der Waals surface area contributed by atoms with Gasteiger partial charge in [0.1, 0.15) is 6.54 Å². The number of rotatable bonds is 4. The van der Waals surface area contributed by atoms with Crippen LogP contribution in [0.3, 0.4) is 0 Å². The number of hydrogen-bond donors (Lipinski definition) is 0. The number of benzene rings is 1. The summed E-state index contributed by atoms with van der Waals surface area (Å²) < 4.78 is 5.97. The number of ether oxygens (including phenoxy) is 1. The first-order chi connectivity index (χ1) is 9.93. The fourth-order valence-electron chi connectivity index (χ4n) is 2.01. The molecule has 1 aromatic heterocycles. The molecule has 0 aliphatic rings. The molecule has 21 heavy (non-hydrogen) atoms. The molecule has 1 aromatic carbocycles. The molecule has 0 aliphatic carbocycles. The average Bonchev–Trinajstić information content (AvgIpc) is 2.41. The second kappa shape index (κ2) is 6.13. The average molecular weight is 310 g/mol. The molecule has 0 atom stereocenters. The first-order valence-corrected chi connectivity index (χ1v) is 6.85. The maximum atomic E-state index is 12.4. The summed E-state index contributed by atoms with van der Waals surface area (Å²) in [6.07, 6.45) is 0. The van der Waals surface area contributed by atoms with Crippen molar-refractivity contribution in [1.82, 2.24) is 9.78 Å². The molecule has 0 bridgehead atoms. The van der Waals surface area contributed by atoms with E-state index in [1.165, 1.54) is 0 Å².